The molecule has 0 amide bonds. The molecule has 1 aromatic heterocycles. The number of benzene rings is 1. The van der Waals surface area contributed by atoms with Crippen molar-refractivity contribution in [1.82, 2.24) is 15.2 Å². The van der Waals surface area contributed by atoms with E-state index in [9.17, 15) is 0 Å². The third-order valence-electron chi connectivity index (χ3n) is 3.21. The molecule has 1 heterocycles. The molecule has 0 aliphatic carbocycles. The summed E-state index contributed by atoms with van der Waals surface area (Å²) < 4.78 is 2.27. The van der Waals surface area contributed by atoms with E-state index in [1.807, 2.05) is 6.92 Å². The smallest absolute Gasteiger partial charge is 0.192 e. The van der Waals surface area contributed by atoms with Crippen molar-refractivity contribution in [3.05, 3.63) is 36.5 Å². The van der Waals surface area contributed by atoms with Crippen molar-refractivity contribution in [3.63, 3.8) is 0 Å². The van der Waals surface area contributed by atoms with Gasteiger partial charge in [-0.1, -0.05) is 24.1 Å². The Morgan fingerprint density at radius 2 is 2.14 bits per heavy atom. The second kappa shape index (κ2) is 8.01. The number of aromatic nitrogens is 1. The summed E-state index contributed by atoms with van der Waals surface area (Å²) in [6.45, 7) is 5.10. The number of hydrogen-bond donors (Lipinski definition) is 2. The maximum atomic E-state index is 5.25. The minimum absolute atomic E-state index is 0.494. The highest BCUT2D eigenvalue weighted by atomic mass is 15.2. The van der Waals surface area contributed by atoms with Crippen LogP contribution in [0.5, 0.6) is 0 Å². The SMILES string of the molecule is C#CCNC(=NCCCn1ccc2ccccc21)NCC. The molecule has 2 rings (SSSR count). The predicted octanol–water partition coefficient (Wildman–Crippen LogP) is 2.22. The van der Waals surface area contributed by atoms with Crippen LogP contribution in [0.15, 0.2) is 41.5 Å². The summed E-state index contributed by atoms with van der Waals surface area (Å²) in [7, 11) is 0. The quantitative estimate of drug-likeness (QED) is 0.369. The molecule has 0 unspecified atom stereocenters. The van der Waals surface area contributed by atoms with Crippen molar-refractivity contribution in [2.75, 3.05) is 19.6 Å². The molecule has 0 saturated heterocycles. The Bertz CT molecular complexity index is 634. The Kier molecular flexibility index (Phi) is 5.71. The Morgan fingerprint density at radius 1 is 1.29 bits per heavy atom. The number of terminal acetylenes is 1. The molecule has 0 radical (unpaired) electrons. The van der Waals surface area contributed by atoms with Crippen molar-refractivity contribution < 1.29 is 0 Å². The monoisotopic (exact) mass is 282 g/mol. The van der Waals surface area contributed by atoms with Gasteiger partial charge >= 0.3 is 0 Å². The lowest BCUT2D eigenvalue weighted by atomic mass is 10.2. The number of rotatable bonds is 6. The van der Waals surface area contributed by atoms with Gasteiger partial charge in [-0.15, -0.1) is 6.42 Å². The van der Waals surface area contributed by atoms with Crippen molar-refractivity contribution in [2.24, 2.45) is 4.99 Å². The molecule has 0 spiro atoms. The summed E-state index contributed by atoms with van der Waals surface area (Å²) >= 11 is 0. The van der Waals surface area contributed by atoms with E-state index < -0.39 is 0 Å². The molecular formula is C17H22N4. The van der Waals surface area contributed by atoms with Gasteiger partial charge in [0.25, 0.3) is 0 Å². The second-order valence-corrected chi connectivity index (χ2v) is 4.74. The van der Waals surface area contributed by atoms with E-state index in [-0.39, 0.29) is 0 Å². The molecule has 21 heavy (non-hydrogen) atoms. The van der Waals surface area contributed by atoms with Crippen molar-refractivity contribution in [3.8, 4) is 12.3 Å². The summed E-state index contributed by atoms with van der Waals surface area (Å²) in [5.41, 5.74) is 1.28. The van der Waals surface area contributed by atoms with Crippen LogP contribution >= 0.6 is 0 Å². The highest BCUT2D eigenvalue weighted by molar-refractivity contribution is 5.80. The molecule has 4 heteroatoms. The predicted molar refractivity (Wildman–Crippen MR) is 89.4 cm³/mol. The molecule has 0 aliphatic heterocycles. The van der Waals surface area contributed by atoms with Crippen molar-refractivity contribution in [1.29, 1.82) is 0 Å². The van der Waals surface area contributed by atoms with E-state index in [4.69, 9.17) is 6.42 Å². The summed E-state index contributed by atoms with van der Waals surface area (Å²) in [5, 5.41) is 7.55. The molecule has 0 bridgehead atoms. The van der Waals surface area contributed by atoms with Crippen LogP contribution in [0.2, 0.25) is 0 Å². The summed E-state index contributed by atoms with van der Waals surface area (Å²) in [4.78, 5) is 4.52. The number of guanidine groups is 1. The van der Waals surface area contributed by atoms with Crippen LogP contribution in [-0.4, -0.2) is 30.2 Å². The number of fused-ring (bicyclic) bond motifs is 1. The molecule has 4 nitrogen and oxygen atoms in total. The van der Waals surface area contributed by atoms with Crippen LogP contribution < -0.4 is 10.6 Å². The van der Waals surface area contributed by atoms with Gasteiger partial charge in [0.05, 0.1) is 6.54 Å². The molecule has 0 fully saturated rings. The molecule has 0 atom stereocenters. The van der Waals surface area contributed by atoms with Crippen LogP contribution in [0, 0.1) is 12.3 Å². The minimum atomic E-state index is 0.494. The number of aliphatic imine (C=N–C) groups is 1. The number of aryl methyl sites for hydroxylation is 1. The number of nitrogens with one attached hydrogen (secondary N) is 2. The zero-order valence-electron chi connectivity index (χ0n) is 12.5. The van der Waals surface area contributed by atoms with Crippen LogP contribution in [0.25, 0.3) is 10.9 Å². The van der Waals surface area contributed by atoms with E-state index in [2.05, 4.69) is 62.6 Å². The second-order valence-electron chi connectivity index (χ2n) is 4.74. The molecule has 1 aromatic carbocycles. The maximum Gasteiger partial charge on any atom is 0.192 e. The van der Waals surface area contributed by atoms with Gasteiger partial charge in [-0.05, 0) is 30.9 Å². The van der Waals surface area contributed by atoms with E-state index in [1.165, 1.54) is 10.9 Å². The highest BCUT2D eigenvalue weighted by Gasteiger charge is 1.99. The van der Waals surface area contributed by atoms with Crippen LogP contribution in [0.4, 0.5) is 0 Å². The molecule has 2 aromatic rings. The first-order valence-electron chi connectivity index (χ1n) is 7.34. The fourth-order valence-corrected chi connectivity index (χ4v) is 2.24. The Hall–Kier alpha value is -2.41. The van der Waals surface area contributed by atoms with Gasteiger partial charge in [0.2, 0.25) is 0 Å². The number of para-hydroxylation sites is 1. The normalized spacial score (nSPS) is 11.3. The standard InChI is InChI=1S/C17H22N4/c1-3-11-19-17(18-4-2)20-12-7-13-21-14-10-15-8-5-6-9-16(15)21/h1,5-6,8-10,14H,4,7,11-13H2,2H3,(H2,18,19,20). The zero-order chi connectivity index (χ0) is 14.9. The van der Waals surface area contributed by atoms with E-state index in [0.29, 0.717) is 6.54 Å². The van der Waals surface area contributed by atoms with Crippen molar-refractivity contribution >= 4 is 16.9 Å². The largest absolute Gasteiger partial charge is 0.357 e. The van der Waals surface area contributed by atoms with Crippen LogP contribution in [-0.2, 0) is 6.54 Å². The summed E-state index contributed by atoms with van der Waals surface area (Å²) in [6, 6.07) is 10.6. The lowest BCUT2D eigenvalue weighted by molar-refractivity contribution is 0.667. The number of hydrogen-bond acceptors (Lipinski definition) is 1. The fraction of sp³-hybridized carbons (Fsp3) is 0.353. The first-order chi connectivity index (χ1) is 10.3. The van der Waals surface area contributed by atoms with E-state index in [1.54, 1.807) is 0 Å². The molecule has 110 valence electrons. The van der Waals surface area contributed by atoms with Gasteiger partial charge in [0.15, 0.2) is 5.96 Å². The van der Waals surface area contributed by atoms with Gasteiger partial charge in [0, 0.05) is 31.3 Å². The Labute approximate surface area is 126 Å². The summed E-state index contributed by atoms with van der Waals surface area (Å²) in [5.74, 6) is 3.34. The maximum absolute atomic E-state index is 5.25. The Balaban J connectivity index is 1.87. The first-order valence-corrected chi connectivity index (χ1v) is 7.34. The average Bonchev–Trinajstić information content (AvgIpc) is 2.92. The van der Waals surface area contributed by atoms with Crippen LogP contribution in [0.1, 0.15) is 13.3 Å². The first kappa shape index (κ1) is 15.0. The van der Waals surface area contributed by atoms with Gasteiger partial charge in [-0.25, -0.2) is 0 Å². The van der Waals surface area contributed by atoms with E-state index in [0.717, 1.165) is 32.0 Å². The Morgan fingerprint density at radius 3 is 2.95 bits per heavy atom. The van der Waals surface area contributed by atoms with Gasteiger partial charge in [-0.3, -0.25) is 4.99 Å². The van der Waals surface area contributed by atoms with Crippen molar-refractivity contribution in [2.45, 2.75) is 19.9 Å². The average molecular weight is 282 g/mol. The fourth-order valence-electron chi connectivity index (χ4n) is 2.24. The lowest BCUT2D eigenvalue weighted by Crippen LogP contribution is -2.37. The van der Waals surface area contributed by atoms with Gasteiger partial charge < -0.3 is 15.2 Å². The molecule has 0 saturated carbocycles. The van der Waals surface area contributed by atoms with Gasteiger partial charge in [-0.2, -0.15) is 0 Å². The lowest BCUT2D eigenvalue weighted by Gasteiger charge is -2.09. The summed E-state index contributed by atoms with van der Waals surface area (Å²) in [6.07, 6.45) is 8.37. The highest BCUT2D eigenvalue weighted by Crippen LogP contribution is 2.15. The topological polar surface area (TPSA) is 41.4 Å². The van der Waals surface area contributed by atoms with Crippen LogP contribution in [0.3, 0.4) is 0 Å². The van der Waals surface area contributed by atoms with Gasteiger partial charge in [0.1, 0.15) is 0 Å². The number of nitrogens with zero attached hydrogens (tertiary/aromatic N) is 2. The molecule has 0 aliphatic rings. The third kappa shape index (κ3) is 4.28. The molecular weight excluding hydrogens is 260 g/mol. The zero-order valence-corrected chi connectivity index (χ0v) is 12.5. The minimum Gasteiger partial charge on any atom is -0.357 e. The van der Waals surface area contributed by atoms with E-state index >= 15 is 0 Å². The third-order valence-corrected chi connectivity index (χ3v) is 3.21. The molecule has 2 N–H and O–H groups in total.